The van der Waals surface area contributed by atoms with Crippen molar-refractivity contribution in [2.45, 2.75) is 32.9 Å². The normalized spacial score (nSPS) is 17.8. The lowest BCUT2D eigenvalue weighted by Gasteiger charge is -2.36. The average Bonchev–Trinajstić information content (AvgIpc) is 2.49. The maximum Gasteiger partial charge on any atom is 0.169 e. The molecule has 1 unspecified atom stereocenters. The second kappa shape index (κ2) is 7.55. The van der Waals surface area contributed by atoms with Crippen LogP contribution in [0.15, 0.2) is 24.5 Å². The fourth-order valence-corrected chi connectivity index (χ4v) is 2.65. The Balaban J connectivity index is 1.76. The summed E-state index contributed by atoms with van der Waals surface area (Å²) in [6.07, 6.45) is 4.86. The molecule has 0 bridgehead atoms. The van der Waals surface area contributed by atoms with E-state index in [4.69, 9.17) is 12.2 Å². The average molecular weight is 292 g/mol. The molecule has 110 valence electrons. The highest BCUT2D eigenvalue weighted by Crippen LogP contribution is 2.08. The predicted octanol–water partition coefficient (Wildman–Crippen LogP) is 1.87. The van der Waals surface area contributed by atoms with E-state index in [1.54, 1.807) is 0 Å². The molecule has 0 saturated carbocycles. The van der Waals surface area contributed by atoms with E-state index in [-0.39, 0.29) is 0 Å². The van der Waals surface area contributed by atoms with Crippen LogP contribution >= 0.6 is 12.2 Å². The van der Waals surface area contributed by atoms with Crippen LogP contribution in [0.4, 0.5) is 0 Å². The molecular weight excluding hydrogens is 268 g/mol. The largest absolute Gasteiger partial charge is 0.360 e. The number of rotatable bonds is 4. The number of pyridine rings is 1. The van der Waals surface area contributed by atoms with Gasteiger partial charge in [-0.25, -0.2) is 0 Å². The molecule has 1 N–H and O–H groups in total. The molecule has 1 atom stereocenters. The van der Waals surface area contributed by atoms with Gasteiger partial charge in [-0.3, -0.25) is 9.88 Å². The van der Waals surface area contributed by atoms with Crippen LogP contribution < -0.4 is 5.32 Å². The maximum atomic E-state index is 5.47. The van der Waals surface area contributed by atoms with Gasteiger partial charge in [-0.05, 0) is 37.2 Å². The van der Waals surface area contributed by atoms with Gasteiger partial charge in [-0.15, -0.1) is 0 Å². The number of nitrogens with zero attached hydrogens (tertiary/aromatic N) is 3. The van der Waals surface area contributed by atoms with Crippen LogP contribution in [-0.4, -0.2) is 52.1 Å². The van der Waals surface area contributed by atoms with E-state index < -0.39 is 0 Å². The van der Waals surface area contributed by atoms with Crippen molar-refractivity contribution in [2.75, 3.05) is 26.2 Å². The lowest BCUT2D eigenvalue weighted by Crippen LogP contribution is -2.52. The molecule has 0 radical (unpaired) electrons. The van der Waals surface area contributed by atoms with E-state index >= 15 is 0 Å². The van der Waals surface area contributed by atoms with Gasteiger partial charge >= 0.3 is 0 Å². The number of hydrogen-bond donors (Lipinski definition) is 1. The molecule has 2 rings (SSSR count). The van der Waals surface area contributed by atoms with Gasteiger partial charge in [0.15, 0.2) is 5.11 Å². The molecule has 1 aliphatic heterocycles. The summed E-state index contributed by atoms with van der Waals surface area (Å²) in [6, 6.07) is 4.58. The minimum absolute atomic E-state index is 0.455. The monoisotopic (exact) mass is 292 g/mol. The van der Waals surface area contributed by atoms with Crippen molar-refractivity contribution in [2.24, 2.45) is 0 Å². The second-order valence-electron chi connectivity index (χ2n) is 5.38. The van der Waals surface area contributed by atoms with Gasteiger partial charge in [-0.1, -0.05) is 13.0 Å². The summed E-state index contributed by atoms with van der Waals surface area (Å²) in [5.41, 5.74) is 1.28. The number of thiocarbonyl (C=S) groups is 1. The van der Waals surface area contributed by atoms with Gasteiger partial charge in [0, 0.05) is 51.2 Å². The third-order valence-corrected chi connectivity index (χ3v) is 4.15. The zero-order valence-electron chi connectivity index (χ0n) is 12.4. The van der Waals surface area contributed by atoms with E-state index in [1.807, 2.05) is 18.5 Å². The molecule has 4 nitrogen and oxygen atoms in total. The Bertz CT molecular complexity index is 415. The van der Waals surface area contributed by atoms with Crippen LogP contribution in [0, 0.1) is 0 Å². The second-order valence-corrected chi connectivity index (χ2v) is 5.77. The smallest absolute Gasteiger partial charge is 0.169 e. The number of aromatic nitrogens is 1. The van der Waals surface area contributed by atoms with E-state index in [2.05, 4.69) is 40.0 Å². The zero-order valence-corrected chi connectivity index (χ0v) is 13.2. The maximum absolute atomic E-state index is 5.47. The predicted molar refractivity (Wildman–Crippen MR) is 86.6 cm³/mol. The van der Waals surface area contributed by atoms with Gasteiger partial charge in [0.05, 0.1) is 0 Å². The number of nitrogens with one attached hydrogen (secondary N) is 1. The van der Waals surface area contributed by atoms with Crippen LogP contribution in [0.5, 0.6) is 0 Å². The van der Waals surface area contributed by atoms with Crippen molar-refractivity contribution in [1.29, 1.82) is 0 Å². The highest BCUT2D eigenvalue weighted by atomic mass is 32.1. The SMILES string of the molecule is CCC(C)NC(=S)N1CCN(Cc2cccnc2)CC1. The van der Waals surface area contributed by atoms with Crippen molar-refractivity contribution in [1.82, 2.24) is 20.1 Å². The van der Waals surface area contributed by atoms with Crippen LogP contribution in [0.25, 0.3) is 0 Å². The molecule has 0 amide bonds. The third kappa shape index (κ3) is 4.42. The van der Waals surface area contributed by atoms with Gasteiger partial charge in [-0.2, -0.15) is 0 Å². The zero-order chi connectivity index (χ0) is 14.4. The minimum Gasteiger partial charge on any atom is -0.360 e. The summed E-state index contributed by atoms with van der Waals surface area (Å²) in [7, 11) is 0. The Morgan fingerprint density at radius 2 is 2.15 bits per heavy atom. The molecule has 1 aromatic rings. The van der Waals surface area contributed by atoms with E-state index in [1.165, 1.54) is 5.56 Å². The van der Waals surface area contributed by atoms with Crippen molar-refractivity contribution >= 4 is 17.3 Å². The summed E-state index contributed by atoms with van der Waals surface area (Å²) in [5.74, 6) is 0. The summed E-state index contributed by atoms with van der Waals surface area (Å²) in [4.78, 5) is 8.90. The Labute approximate surface area is 127 Å². The topological polar surface area (TPSA) is 31.4 Å². The molecule has 2 heterocycles. The van der Waals surface area contributed by atoms with Crippen LogP contribution in [0.1, 0.15) is 25.8 Å². The first-order valence-electron chi connectivity index (χ1n) is 7.35. The summed E-state index contributed by atoms with van der Waals surface area (Å²) in [5, 5.41) is 4.30. The highest BCUT2D eigenvalue weighted by Gasteiger charge is 2.19. The van der Waals surface area contributed by atoms with Crippen LogP contribution in [0.3, 0.4) is 0 Å². The van der Waals surface area contributed by atoms with Gasteiger partial charge in [0.1, 0.15) is 0 Å². The van der Waals surface area contributed by atoms with E-state index in [0.29, 0.717) is 6.04 Å². The molecule has 1 saturated heterocycles. The first-order chi connectivity index (χ1) is 9.69. The first-order valence-corrected chi connectivity index (χ1v) is 7.76. The molecule has 5 heteroatoms. The molecule has 1 fully saturated rings. The van der Waals surface area contributed by atoms with Crippen molar-refractivity contribution in [3.63, 3.8) is 0 Å². The molecule has 0 aliphatic carbocycles. The van der Waals surface area contributed by atoms with Crippen molar-refractivity contribution in [3.05, 3.63) is 30.1 Å². The third-order valence-electron chi connectivity index (χ3n) is 3.77. The van der Waals surface area contributed by atoms with Crippen LogP contribution in [-0.2, 0) is 6.54 Å². The van der Waals surface area contributed by atoms with Gasteiger partial charge < -0.3 is 10.2 Å². The molecule has 1 aromatic heterocycles. The minimum atomic E-state index is 0.455. The van der Waals surface area contributed by atoms with E-state index in [0.717, 1.165) is 44.3 Å². The fourth-order valence-electron chi connectivity index (χ4n) is 2.26. The summed E-state index contributed by atoms with van der Waals surface area (Å²) >= 11 is 5.47. The quantitative estimate of drug-likeness (QED) is 0.856. The highest BCUT2D eigenvalue weighted by molar-refractivity contribution is 7.80. The first kappa shape index (κ1) is 15.2. The van der Waals surface area contributed by atoms with E-state index in [9.17, 15) is 0 Å². The Hall–Kier alpha value is -1.20. The van der Waals surface area contributed by atoms with Crippen molar-refractivity contribution in [3.8, 4) is 0 Å². The molecule has 1 aliphatic rings. The summed E-state index contributed by atoms with van der Waals surface area (Å²) in [6.45, 7) is 9.43. The lowest BCUT2D eigenvalue weighted by atomic mass is 10.2. The summed E-state index contributed by atoms with van der Waals surface area (Å²) < 4.78 is 0. The Morgan fingerprint density at radius 1 is 1.40 bits per heavy atom. The molecular formula is C15H24N4S. The van der Waals surface area contributed by atoms with Crippen molar-refractivity contribution < 1.29 is 0 Å². The van der Waals surface area contributed by atoms with Gasteiger partial charge in [0.25, 0.3) is 0 Å². The molecule has 0 spiro atoms. The Kier molecular flexibility index (Phi) is 5.73. The van der Waals surface area contributed by atoms with Crippen LogP contribution in [0.2, 0.25) is 0 Å². The lowest BCUT2D eigenvalue weighted by molar-refractivity contribution is 0.174. The number of piperazine rings is 1. The number of hydrogen-bond acceptors (Lipinski definition) is 3. The molecule has 20 heavy (non-hydrogen) atoms. The molecule has 0 aromatic carbocycles. The Morgan fingerprint density at radius 3 is 2.75 bits per heavy atom. The standard InChI is InChI=1S/C15H24N4S/c1-3-13(2)17-15(20)19-9-7-18(8-10-19)12-14-5-4-6-16-11-14/h4-6,11,13H,3,7-10,12H2,1-2H3,(H,17,20). The van der Waals surface area contributed by atoms with Gasteiger partial charge in [0.2, 0.25) is 0 Å². The fraction of sp³-hybridized carbons (Fsp3) is 0.600.